The van der Waals surface area contributed by atoms with E-state index in [2.05, 4.69) is 0 Å². The standard InChI is InChI=1S/C27H33NO6/c1-5-15-34-20-11-8-10-19(17-20)25(29)23-24(21-12-6-7-13-22(21)32-4)28(27(31)26(23)30)14-9-16-33-18(2)3/h6-8,10-13,17-18,24,29H,5,9,14-16H2,1-4H3/b25-23-. The molecule has 1 fully saturated rings. The number of hydrogen-bond acceptors (Lipinski definition) is 6. The fourth-order valence-corrected chi connectivity index (χ4v) is 3.99. The Bertz CT molecular complexity index is 1040. The molecule has 7 heteroatoms. The summed E-state index contributed by atoms with van der Waals surface area (Å²) in [5.74, 6) is -0.501. The van der Waals surface area contributed by atoms with E-state index in [0.29, 0.717) is 48.8 Å². The van der Waals surface area contributed by atoms with Gasteiger partial charge in [-0.25, -0.2) is 0 Å². The van der Waals surface area contributed by atoms with Gasteiger partial charge in [0.2, 0.25) is 0 Å². The second kappa shape index (κ2) is 11.7. The maximum absolute atomic E-state index is 13.2. The van der Waals surface area contributed by atoms with Crippen molar-refractivity contribution < 1.29 is 28.9 Å². The van der Waals surface area contributed by atoms with Gasteiger partial charge in [0, 0.05) is 24.3 Å². The van der Waals surface area contributed by atoms with Crippen LogP contribution in [0.25, 0.3) is 5.76 Å². The quantitative estimate of drug-likeness (QED) is 0.223. The van der Waals surface area contributed by atoms with Crippen molar-refractivity contribution in [2.75, 3.05) is 26.9 Å². The molecule has 1 aliphatic rings. The Kier molecular flexibility index (Phi) is 8.71. The Morgan fingerprint density at radius 3 is 2.56 bits per heavy atom. The Morgan fingerprint density at radius 1 is 1.09 bits per heavy atom. The first-order valence-corrected chi connectivity index (χ1v) is 11.6. The Labute approximate surface area is 200 Å². The third kappa shape index (κ3) is 5.59. The van der Waals surface area contributed by atoms with Crippen molar-refractivity contribution in [2.45, 2.75) is 45.8 Å². The van der Waals surface area contributed by atoms with Gasteiger partial charge in [0.25, 0.3) is 11.7 Å². The van der Waals surface area contributed by atoms with Gasteiger partial charge in [0.1, 0.15) is 17.3 Å². The maximum Gasteiger partial charge on any atom is 0.295 e. The molecule has 1 unspecified atom stereocenters. The highest BCUT2D eigenvalue weighted by Gasteiger charge is 2.46. The number of methoxy groups -OCH3 is 1. The highest BCUT2D eigenvalue weighted by atomic mass is 16.5. The summed E-state index contributed by atoms with van der Waals surface area (Å²) in [5, 5.41) is 11.3. The van der Waals surface area contributed by atoms with Gasteiger partial charge in [-0.2, -0.15) is 0 Å². The normalized spacial score (nSPS) is 17.4. The number of hydrogen-bond donors (Lipinski definition) is 1. The number of aliphatic hydroxyl groups excluding tert-OH is 1. The Balaban J connectivity index is 2.06. The summed E-state index contributed by atoms with van der Waals surface area (Å²) in [7, 11) is 1.54. The summed E-state index contributed by atoms with van der Waals surface area (Å²) >= 11 is 0. The van der Waals surface area contributed by atoms with Gasteiger partial charge in [-0.3, -0.25) is 9.59 Å². The van der Waals surface area contributed by atoms with Crippen molar-refractivity contribution in [1.29, 1.82) is 0 Å². The van der Waals surface area contributed by atoms with Crippen molar-refractivity contribution in [1.82, 2.24) is 4.90 Å². The van der Waals surface area contributed by atoms with E-state index in [1.165, 1.54) is 12.0 Å². The Hall–Kier alpha value is -3.32. The lowest BCUT2D eigenvalue weighted by Gasteiger charge is -2.26. The number of aliphatic hydroxyl groups is 1. The predicted octanol–water partition coefficient (Wildman–Crippen LogP) is 4.72. The summed E-state index contributed by atoms with van der Waals surface area (Å²) in [4.78, 5) is 27.8. The molecule has 0 saturated carbocycles. The number of nitrogens with zero attached hydrogens (tertiary/aromatic N) is 1. The molecule has 0 bridgehead atoms. The van der Waals surface area contributed by atoms with Gasteiger partial charge >= 0.3 is 0 Å². The van der Waals surface area contributed by atoms with E-state index in [1.807, 2.05) is 32.9 Å². The second-order valence-corrected chi connectivity index (χ2v) is 8.38. The molecule has 0 aromatic heterocycles. The number of likely N-dealkylation sites (tertiary alicyclic amines) is 1. The molecule has 2 aromatic carbocycles. The highest BCUT2D eigenvalue weighted by molar-refractivity contribution is 6.46. The number of carbonyl (C=O) groups is 2. The molecular formula is C27H33NO6. The number of Topliss-reactive ketones (excluding diaryl/α,β-unsaturated/α-hetero) is 1. The minimum atomic E-state index is -0.782. The van der Waals surface area contributed by atoms with E-state index < -0.39 is 17.7 Å². The van der Waals surface area contributed by atoms with Crippen LogP contribution in [-0.2, 0) is 14.3 Å². The van der Waals surface area contributed by atoms with E-state index in [0.717, 1.165) is 6.42 Å². The molecule has 1 saturated heterocycles. The van der Waals surface area contributed by atoms with E-state index >= 15 is 0 Å². The summed E-state index contributed by atoms with van der Waals surface area (Å²) in [6, 6.07) is 13.3. The molecule has 1 heterocycles. The van der Waals surface area contributed by atoms with Gasteiger partial charge in [-0.15, -0.1) is 0 Å². The van der Waals surface area contributed by atoms with Crippen molar-refractivity contribution in [3.8, 4) is 11.5 Å². The zero-order valence-corrected chi connectivity index (χ0v) is 20.2. The van der Waals surface area contributed by atoms with Gasteiger partial charge in [-0.05, 0) is 44.9 Å². The molecule has 0 radical (unpaired) electrons. The van der Waals surface area contributed by atoms with Gasteiger partial charge in [0.05, 0.1) is 31.4 Å². The molecule has 1 amide bonds. The number of ether oxygens (including phenoxy) is 3. The zero-order chi connectivity index (χ0) is 24.7. The largest absolute Gasteiger partial charge is 0.507 e. The van der Waals surface area contributed by atoms with Crippen LogP contribution in [0.1, 0.15) is 50.8 Å². The van der Waals surface area contributed by atoms with Crippen molar-refractivity contribution >= 4 is 17.4 Å². The van der Waals surface area contributed by atoms with Crippen LogP contribution in [-0.4, -0.2) is 54.7 Å². The third-order valence-electron chi connectivity index (χ3n) is 5.55. The summed E-state index contributed by atoms with van der Waals surface area (Å²) in [6.45, 7) is 7.18. The van der Waals surface area contributed by atoms with Crippen LogP contribution >= 0.6 is 0 Å². The molecular weight excluding hydrogens is 434 g/mol. The average Bonchev–Trinajstić information content (AvgIpc) is 3.09. The topological polar surface area (TPSA) is 85.3 Å². The van der Waals surface area contributed by atoms with Gasteiger partial charge < -0.3 is 24.2 Å². The molecule has 1 atom stereocenters. The first-order chi connectivity index (χ1) is 16.4. The molecule has 0 spiro atoms. The molecule has 182 valence electrons. The lowest BCUT2D eigenvalue weighted by molar-refractivity contribution is -0.140. The minimum Gasteiger partial charge on any atom is -0.507 e. The number of rotatable bonds is 11. The van der Waals surface area contributed by atoms with Crippen molar-refractivity contribution in [2.24, 2.45) is 0 Å². The number of ketones is 1. The molecule has 3 rings (SSSR count). The lowest BCUT2D eigenvalue weighted by atomic mass is 9.94. The van der Waals surface area contributed by atoms with Crippen LogP contribution < -0.4 is 9.47 Å². The van der Waals surface area contributed by atoms with Crippen molar-refractivity contribution in [3.05, 3.63) is 65.2 Å². The van der Waals surface area contributed by atoms with Crippen LogP contribution in [0.2, 0.25) is 0 Å². The molecule has 0 aliphatic carbocycles. The molecule has 2 aromatic rings. The molecule has 1 N–H and O–H groups in total. The van der Waals surface area contributed by atoms with Crippen LogP contribution in [0, 0.1) is 0 Å². The molecule has 7 nitrogen and oxygen atoms in total. The van der Waals surface area contributed by atoms with Gasteiger partial charge in [-0.1, -0.05) is 37.3 Å². The van der Waals surface area contributed by atoms with E-state index in [9.17, 15) is 14.7 Å². The Morgan fingerprint density at radius 2 is 1.85 bits per heavy atom. The predicted molar refractivity (Wildman–Crippen MR) is 130 cm³/mol. The highest BCUT2D eigenvalue weighted by Crippen LogP contribution is 2.42. The van der Waals surface area contributed by atoms with E-state index in [4.69, 9.17) is 14.2 Å². The zero-order valence-electron chi connectivity index (χ0n) is 20.2. The smallest absolute Gasteiger partial charge is 0.295 e. The lowest BCUT2D eigenvalue weighted by Crippen LogP contribution is -2.31. The monoisotopic (exact) mass is 467 g/mol. The third-order valence-corrected chi connectivity index (χ3v) is 5.55. The fourth-order valence-electron chi connectivity index (χ4n) is 3.99. The first kappa shape index (κ1) is 25.3. The van der Waals surface area contributed by atoms with Crippen LogP contribution in [0.3, 0.4) is 0 Å². The fraction of sp³-hybridized carbons (Fsp3) is 0.407. The number of para-hydroxylation sites is 1. The minimum absolute atomic E-state index is 0.0342. The SMILES string of the molecule is CCCOc1cccc(/C(O)=C2/C(=O)C(=O)N(CCCOC(C)C)C2c2ccccc2OC)c1. The summed E-state index contributed by atoms with van der Waals surface area (Å²) < 4.78 is 16.8. The van der Waals surface area contributed by atoms with E-state index in [1.54, 1.807) is 36.4 Å². The van der Waals surface area contributed by atoms with E-state index in [-0.39, 0.29) is 17.4 Å². The second-order valence-electron chi connectivity index (χ2n) is 8.38. The summed E-state index contributed by atoms with van der Waals surface area (Å²) in [6.07, 6.45) is 1.47. The van der Waals surface area contributed by atoms with Crippen molar-refractivity contribution in [3.63, 3.8) is 0 Å². The first-order valence-electron chi connectivity index (χ1n) is 11.6. The van der Waals surface area contributed by atoms with Crippen LogP contribution in [0.4, 0.5) is 0 Å². The molecule has 1 aliphatic heterocycles. The van der Waals surface area contributed by atoms with Gasteiger partial charge in [0.15, 0.2) is 0 Å². The summed E-state index contributed by atoms with van der Waals surface area (Å²) in [5.41, 5.74) is 1.08. The van der Waals surface area contributed by atoms with Crippen LogP contribution in [0.15, 0.2) is 54.1 Å². The average molecular weight is 468 g/mol. The molecule has 34 heavy (non-hydrogen) atoms. The maximum atomic E-state index is 13.2. The number of benzene rings is 2. The van der Waals surface area contributed by atoms with Crippen LogP contribution in [0.5, 0.6) is 11.5 Å². The number of amides is 1. The number of carbonyl (C=O) groups excluding carboxylic acids is 2.